The Labute approximate surface area is 88.3 Å². The molecule has 2 nitrogen and oxygen atoms in total. The van der Waals surface area contributed by atoms with E-state index >= 15 is 0 Å². The predicted octanol–water partition coefficient (Wildman–Crippen LogP) is 2.27. The Balaban J connectivity index is 2.48. The quantitative estimate of drug-likeness (QED) is 0.751. The molecule has 2 heteroatoms. The summed E-state index contributed by atoms with van der Waals surface area (Å²) < 4.78 is 0. The van der Waals surface area contributed by atoms with Crippen LogP contribution in [-0.4, -0.2) is 35.7 Å². The van der Waals surface area contributed by atoms with Crippen molar-refractivity contribution >= 4 is 0 Å². The van der Waals surface area contributed by atoms with Gasteiger partial charge in [0, 0.05) is 24.6 Å². The van der Waals surface area contributed by atoms with Crippen molar-refractivity contribution < 1.29 is 5.11 Å². The Bertz CT molecular complexity index is 168. The molecule has 1 rings (SSSR count). The summed E-state index contributed by atoms with van der Waals surface area (Å²) >= 11 is 0. The van der Waals surface area contributed by atoms with Crippen LogP contribution in [-0.2, 0) is 0 Å². The smallest absolute Gasteiger partial charge is 0.0494 e. The van der Waals surface area contributed by atoms with Crippen LogP contribution in [0.1, 0.15) is 46.5 Å². The first-order valence-corrected chi connectivity index (χ1v) is 5.94. The first-order valence-electron chi connectivity index (χ1n) is 5.94. The van der Waals surface area contributed by atoms with Crippen molar-refractivity contribution in [2.75, 3.05) is 19.7 Å². The van der Waals surface area contributed by atoms with Gasteiger partial charge in [-0.05, 0) is 25.8 Å². The van der Waals surface area contributed by atoms with E-state index in [2.05, 4.69) is 25.7 Å². The Morgan fingerprint density at radius 2 is 2.07 bits per heavy atom. The van der Waals surface area contributed by atoms with Crippen molar-refractivity contribution in [3.8, 4) is 0 Å². The van der Waals surface area contributed by atoms with Crippen molar-refractivity contribution in [1.29, 1.82) is 0 Å². The molecule has 1 fully saturated rings. The third kappa shape index (κ3) is 3.25. The van der Waals surface area contributed by atoms with E-state index < -0.39 is 0 Å². The largest absolute Gasteiger partial charge is 0.396 e. The summed E-state index contributed by atoms with van der Waals surface area (Å²) in [5, 5.41) is 9.26. The van der Waals surface area contributed by atoms with Gasteiger partial charge in [-0.15, -0.1) is 0 Å². The summed E-state index contributed by atoms with van der Waals surface area (Å²) in [5.74, 6) is 0. The minimum Gasteiger partial charge on any atom is -0.396 e. The maximum absolute atomic E-state index is 9.26. The second-order valence-electron chi connectivity index (χ2n) is 5.35. The molecule has 1 N–H and O–H groups in total. The minimum absolute atomic E-state index is 0.0603. The van der Waals surface area contributed by atoms with Gasteiger partial charge < -0.3 is 5.11 Å². The highest BCUT2D eigenvalue weighted by molar-refractivity contribution is 4.81. The van der Waals surface area contributed by atoms with Crippen LogP contribution in [0.25, 0.3) is 0 Å². The molecular weight excluding hydrogens is 174 g/mol. The standard InChI is InChI=1S/C12H25NO/c1-4-11-7-5-6-8-13(11)9-12(2,3)10-14/h11,14H,4-10H2,1-3H3. The molecule has 0 radical (unpaired) electrons. The molecular formula is C12H25NO. The Morgan fingerprint density at radius 3 is 2.64 bits per heavy atom. The van der Waals surface area contributed by atoms with Crippen LogP contribution in [0.4, 0.5) is 0 Å². The van der Waals surface area contributed by atoms with Crippen LogP contribution in [0.3, 0.4) is 0 Å². The third-order valence-electron chi connectivity index (χ3n) is 3.28. The van der Waals surface area contributed by atoms with E-state index in [-0.39, 0.29) is 5.41 Å². The molecule has 14 heavy (non-hydrogen) atoms. The zero-order chi connectivity index (χ0) is 10.6. The third-order valence-corrected chi connectivity index (χ3v) is 3.28. The van der Waals surface area contributed by atoms with Gasteiger partial charge in [0.05, 0.1) is 0 Å². The van der Waals surface area contributed by atoms with Crippen molar-refractivity contribution in [3.63, 3.8) is 0 Å². The summed E-state index contributed by atoms with van der Waals surface area (Å²) in [4.78, 5) is 2.57. The molecule has 0 aromatic rings. The minimum atomic E-state index is 0.0603. The fraction of sp³-hybridized carbons (Fsp3) is 1.00. The van der Waals surface area contributed by atoms with E-state index in [9.17, 15) is 5.11 Å². The van der Waals surface area contributed by atoms with E-state index in [0.29, 0.717) is 6.61 Å². The van der Waals surface area contributed by atoms with E-state index in [1.54, 1.807) is 0 Å². The summed E-state index contributed by atoms with van der Waals surface area (Å²) in [6, 6.07) is 0.759. The molecule has 1 atom stereocenters. The molecule has 0 aliphatic carbocycles. The van der Waals surface area contributed by atoms with Gasteiger partial charge >= 0.3 is 0 Å². The molecule has 84 valence electrons. The van der Waals surface area contributed by atoms with Gasteiger partial charge in [-0.3, -0.25) is 4.90 Å². The summed E-state index contributed by atoms with van der Waals surface area (Å²) in [7, 11) is 0. The number of nitrogens with zero attached hydrogens (tertiary/aromatic N) is 1. The maximum atomic E-state index is 9.26. The number of hydrogen-bond donors (Lipinski definition) is 1. The van der Waals surface area contributed by atoms with Crippen LogP contribution in [0.5, 0.6) is 0 Å². The topological polar surface area (TPSA) is 23.5 Å². The molecule has 0 bridgehead atoms. The highest BCUT2D eigenvalue weighted by atomic mass is 16.3. The predicted molar refractivity (Wildman–Crippen MR) is 60.4 cm³/mol. The maximum Gasteiger partial charge on any atom is 0.0494 e. The van der Waals surface area contributed by atoms with E-state index in [1.165, 1.54) is 32.2 Å². The summed E-state index contributed by atoms with van der Waals surface area (Å²) in [5.41, 5.74) is 0.0603. The number of rotatable bonds is 4. The van der Waals surface area contributed by atoms with E-state index in [0.717, 1.165) is 12.6 Å². The van der Waals surface area contributed by atoms with Crippen LogP contribution < -0.4 is 0 Å². The van der Waals surface area contributed by atoms with E-state index in [4.69, 9.17) is 0 Å². The van der Waals surface area contributed by atoms with Gasteiger partial charge in [0.25, 0.3) is 0 Å². The molecule has 0 aromatic carbocycles. The van der Waals surface area contributed by atoms with Gasteiger partial charge in [-0.1, -0.05) is 27.2 Å². The van der Waals surface area contributed by atoms with E-state index in [1.807, 2.05) is 0 Å². The fourth-order valence-corrected chi connectivity index (χ4v) is 2.33. The molecule has 0 aromatic heterocycles. The van der Waals surface area contributed by atoms with Crippen molar-refractivity contribution in [2.24, 2.45) is 5.41 Å². The molecule has 1 saturated heterocycles. The number of piperidine rings is 1. The van der Waals surface area contributed by atoms with Gasteiger partial charge in [0.1, 0.15) is 0 Å². The molecule has 1 heterocycles. The highest BCUT2D eigenvalue weighted by Gasteiger charge is 2.26. The molecule has 1 unspecified atom stereocenters. The molecule has 0 amide bonds. The number of hydrogen-bond acceptors (Lipinski definition) is 2. The number of aliphatic hydroxyl groups excluding tert-OH is 1. The zero-order valence-corrected chi connectivity index (χ0v) is 9.92. The first-order chi connectivity index (χ1) is 6.59. The van der Waals surface area contributed by atoms with Crippen molar-refractivity contribution in [1.82, 2.24) is 4.90 Å². The van der Waals surface area contributed by atoms with Gasteiger partial charge in [-0.2, -0.15) is 0 Å². The molecule has 0 spiro atoms. The Kier molecular flexibility index (Phi) is 4.39. The van der Waals surface area contributed by atoms with Gasteiger partial charge in [-0.25, -0.2) is 0 Å². The number of aliphatic hydroxyl groups is 1. The lowest BCUT2D eigenvalue weighted by Crippen LogP contribution is -2.45. The summed E-state index contributed by atoms with van der Waals surface area (Å²) in [6.45, 7) is 9.13. The monoisotopic (exact) mass is 199 g/mol. The second-order valence-corrected chi connectivity index (χ2v) is 5.35. The van der Waals surface area contributed by atoms with Crippen LogP contribution in [0.15, 0.2) is 0 Å². The van der Waals surface area contributed by atoms with Crippen LogP contribution in [0.2, 0.25) is 0 Å². The SMILES string of the molecule is CCC1CCCCN1CC(C)(C)CO. The fourth-order valence-electron chi connectivity index (χ4n) is 2.33. The summed E-state index contributed by atoms with van der Waals surface area (Å²) in [6.07, 6.45) is 5.31. The van der Waals surface area contributed by atoms with Crippen LogP contribution >= 0.6 is 0 Å². The van der Waals surface area contributed by atoms with Gasteiger partial charge in [0.15, 0.2) is 0 Å². The second kappa shape index (κ2) is 5.13. The molecule has 0 saturated carbocycles. The lowest BCUT2D eigenvalue weighted by atomic mass is 9.90. The van der Waals surface area contributed by atoms with Crippen molar-refractivity contribution in [3.05, 3.63) is 0 Å². The number of likely N-dealkylation sites (tertiary alicyclic amines) is 1. The average Bonchev–Trinajstić information content (AvgIpc) is 2.18. The van der Waals surface area contributed by atoms with Gasteiger partial charge in [0.2, 0.25) is 0 Å². The van der Waals surface area contributed by atoms with Crippen molar-refractivity contribution in [2.45, 2.75) is 52.5 Å². The normalized spacial score (nSPS) is 25.3. The molecule has 1 aliphatic heterocycles. The lowest BCUT2D eigenvalue weighted by Gasteiger charge is -2.39. The Morgan fingerprint density at radius 1 is 1.36 bits per heavy atom. The lowest BCUT2D eigenvalue weighted by molar-refractivity contribution is 0.0587. The zero-order valence-electron chi connectivity index (χ0n) is 9.92. The highest BCUT2D eigenvalue weighted by Crippen LogP contribution is 2.24. The first kappa shape index (κ1) is 12.0. The average molecular weight is 199 g/mol. The Hall–Kier alpha value is -0.0800. The molecule has 1 aliphatic rings. The van der Waals surface area contributed by atoms with Crippen LogP contribution in [0, 0.1) is 5.41 Å².